The summed E-state index contributed by atoms with van der Waals surface area (Å²) in [4.78, 5) is 59.1. The molecule has 1 aromatic rings. The standard InChI is InChI=1S/C37H52BrN3O7/c1-5-8-19-29(43)47-24-28(26-17-12-11-13-18-26)39-34(44)30-31-35(45)41(21-14-9-10-15-22-42)33(37(31)23-27(38)32(30)48-37)36(46)40(20-7-3)25(4)16-6-2/h5,7,11-13,17-18,25,27-28,30-33,42H,1,3,6,8-10,14-16,19-24H2,2,4H3,(H,39,44)/t25?,27?,28-,30-,31+,32-,33-,37+/m1/s1. The third-order valence-electron chi connectivity index (χ3n) is 9.96. The Morgan fingerprint density at radius 1 is 1.19 bits per heavy atom. The number of benzene rings is 1. The smallest absolute Gasteiger partial charge is 0.306 e. The fraction of sp³-hybridized carbons (Fsp3) is 0.622. The van der Waals surface area contributed by atoms with Gasteiger partial charge in [0.05, 0.1) is 24.0 Å². The molecule has 4 rings (SSSR count). The first-order valence-electron chi connectivity index (χ1n) is 17.4. The number of carbonyl (C=O) groups is 4. The number of hydrogen-bond donors (Lipinski definition) is 2. The van der Waals surface area contributed by atoms with Crippen molar-refractivity contribution in [3.8, 4) is 0 Å². The van der Waals surface area contributed by atoms with E-state index in [1.165, 1.54) is 0 Å². The lowest BCUT2D eigenvalue weighted by Crippen LogP contribution is -2.58. The Labute approximate surface area is 293 Å². The third kappa shape index (κ3) is 8.05. The van der Waals surface area contributed by atoms with Crippen molar-refractivity contribution in [2.24, 2.45) is 11.8 Å². The molecular weight excluding hydrogens is 678 g/mol. The Morgan fingerprint density at radius 3 is 2.58 bits per heavy atom. The number of nitrogens with one attached hydrogen (secondary N) is 1. The summed E-state index contributed by atoms with van der Waals surface area (Å²) >= 11 is 3.76. The average molecular weight is 731 g/mol. The maximum atomic E-state index is 14.6. The minimum Gasteiger partial charge on any atom is -0.463 e. The number of ether oxygens (including phenoxy) is 2. The highest BCUT2D eigenvalue weighted by Crippen LogP contribution is 2.60. The first-order valence-corrected chi connectivity index (χ1v) is 18.3. The topological polar surface area (TPSA) is 125 Å². The van der Waals surface area contributed by atoms with Crippen LogP contribution in [0.4, 0.5) is 0 Å². The van der Waals surface area contributed by atoms with Gasteiger partial charge in [0, 0.05) is 37.0 Å². The van der Waals surface area contributed by atoms with Crippen molar-refractivity contribution in [1.29, 1.82) is 0 Å². The van der Waals surface area contributed by atoms with Gasteiger partial charge in [-0.15, -0.1) is 13.2 Å². The van der Waals surface area contributed by atoms with Gasteiger partial charge in [-0.25, -0.2) is 0 Å². The molecule has 2 unspecified atom stereocenters. The molecule has 3 aliphatic heterocycles. The first-order chi connectivity index (χ1) is 23.1. The lowest BCUT2D eigenvalue weighted by atomic mass is 9.70. The number of halogens is 1. The summed E-state index contributed by atoms with van der Waals surface area (Å²) in [6.07, 6.45) is 8.47. The normalized spacial score (nSPS) is 26.9. The van der Waals surface area contributed by atoms with Gasteiger partial charge < -0.3 is 29.7 Å². The van der Waals surface area contributed by atoms with Crippen molar-refractivity contribution in [2.75, 3.05) is 26.3 Å². The molecule has 10 nitrogen and oxygen atoms in total. The summed E-state index contributed by atoms with van der Waals surface area (Å²) in [5, 5.41) is 12.3. The zero-order valence-corrected chi connectivity index (χ0v) is 29.9. The number of amides is 3. The molecule has 11 heteroatoms. The average Bonchev–Trinajstić information content (AvgIpc) is 3.67. The van der Waals surface area contributed by atoms with Crippen molar-refractivity contribution in [2.45, 2.75) is 106 Å². The lowest BCUT2D eigenvalue weighted by Gasteiger charge is -2.39. The summed E-state index contributed by atoms with van der Waals surface area (Å²) in [6.45, 7) is 12.4. The molecule has 3 aliphatic rings. The quantitative estimate of drug-likeness (QED) is 0.0851. The summed E-state index contributed by atoms with van der Waals surface area (Å²) in [6, 6.07) is 7.67. The van der Waals surface area contributed by atoms with Gasteiger partial charge in [-0.3, -0.25) is 19.2 Å². The van der Waals surface area contributed by atoms with Crippen molar-refractivity contribution < 1.29 is 33.8 Å². The van der Waals surface area contributed by atoms with E-state index in [4.69, 9.17) is 9.47 Å². The van der Waals surface area contributed by atoms with E-state index in [1.807, 2.05) is 37.3 Å². The van der Waals surface area contributed by atoms with E-state index in [2.05, 4.69) is 41.3 Å². The molecule has 3 amide bonds. The van der Waals surface area contributed by atoms with Crippen LogP contribution in [0.3, 0.4) is 0 Å². The number of rotatable bonds is 20. The van der Waals surface area contributed by atoms with Gasteiger partial charge in [0.15, 0.2) is 0 Å². The molecule has 8 atom stereocenters. The number of unbranched alkanes of at least 4 members (excludes halogenated alkanes) is 3. The fourth-order valence-electron chi connectivity index (χ4n) is 7.70. The minimum absolute atomic E-state index is 0.0711. The molecule has 1 aromatic carbocycles. The second-order valence-corrected chi connectivity index (χ2v) is 14.4. The Hall–Kier alpha value is -3.02. The van der Waals surface area contributed by atoms with E-state index in [0.29, 0.717) is 38.8 Å². The Kier molecular flexibility index (Phi) is 13.8. The highest BCUT2D eigenvalue weighted by atomic mass is 79.9. The van der Waals surface area contributed by atoms with Crippen LogP contribution < -0.4 is 5.32 Å². The van der Waals surface area contributed by atoms with Gasteiger partial charge >= 0.3 is 5.97 Å². The number of fused-ring (bicyclic) bond motifs is 1. The van der Waals surface area contributed by atoms with Crippen LogP contribution in [0.15, 0.2) is 55.6 Å². The molecule has 264 valence electrons. The zero-order chi connectivity index (χ0) is 34.8. The molecular formula is C37H52BrN3O7. The van der Waals surface area contributed by atoms with E-state index in [1.54, 1.807) is 22.0 Å². The number of esters is 1. The van der Waals surface area contributed by atoms with Gasteiger partial charge in [0.25, 0.3) is 0 Å². The second kappa shape index (κ2) is 17.6. The number of allylic oxidation sites excluding steroid dienone is 1. The van der Waals surface area contributed by atoms with Gasteiger partial charge in [0.2, 0.25) is 17.7 Å². The van der Waals surface area contributed by atoms with Crippen molar-refractivity contribution in [3.05, 3.63) is 61.2 Å². The predicted octanol–water partition coefficient (Wildman–Crippen LogP) is 4.86. The number of nitrogens with zero attached hydrogens (tertiary/aromatic N) is 2. The number of aliphatic hydroxyl groups excluding tert-OH is 1. The zero-order valence-electron chi connectivity index (χ0n) is 28.4. The van der Waals surface area contributed by atoms with E-state index in [9.17, 15) is 24.3 Å². The largest absolute Gasteiger partial charge is 0.463 e. The summed E-state index contributed by atoms with van der Waals surface area (Å²) in [5.41, 5.74) is -0.415. The molecule has 0 saturated carbocycles. The number of likely N-dealkylation sites (tertiary alicyclic amines) is 1. The second-order valence-electron chi connectivity index (χ2n) is 13.2. The number of carbonyl (C=O) groups excluding carboxylic acids is 4. The van der Waals surface area contributed by atoms with Crippen LogP contribution in [0.2, 0.25) is 0 Å². The van der Waals surface area contributed by atoms with Crippen molar-refractivity contribution in [1.82, 2.24) is 15.1 Å². The fourth-order valence-corrected chi connectivity index (χ4v) is 8.64. The SMILES string of the molecule is C=CCCC(=O)OC[C@@H](NC(=O)[C@H]1[C@@H]2O[C@@]3(CC2Br)[C@@H]1C(=O)N(CCCCCCO)[C@@H]3C(=O)N(CC=C)C(C)CCC)c1ccccc1. The van der Waals surface area contributed by atoms with Crippen LogP contribution in [0.1, 0.15) is 83.2 Å². The van der Waals surface area contributed by atoms with E-state index < -0.39 is 41.6 Å². The maximum absolute atomic E-state index is 14.6. The van der Waals surface area contributed by atoms with Crippen LogP contribution in [-0.4, -0.2) is 93.5 Å². The van der Waals surface area contributed by atoms with Crippen LogP contribution in [0, 0.1) is 11.8 Å². The summed E-state index contributed by atoms with van der Waals surface area (Å²) in [5.74, 6) is -2.89. The van der Waals surface area contributed by atoms with Crippen LogP contribution in [-0.2, 0) is 28.7 Å². The van der Waals surface area contributed by atoms with E-state index in [-0.39, 0.29) is 48.2 Å². The monoisotopic (exact) mass is 729 g/mol. The van der Waals surface area contributed by atoms with Crippen molar-refractivity contribution in [3.63, 3.8) is 0 Å². The van der Waals surface area contributed by atoms with Crippen molar-refractivity contribution >= 4 is 39.6 Å². The summed E-state index contributed by atoms with van der Waals surface area (Å²) in [7, 11) is 0. The highest BCUT2D eigenvalue weighted by molar-refractivity contribution is 9.09. The summed E-state index contributed by atoms with van der Waals surface area (Å²) < 4.78 is 12.3. The number of hydrogen-bond acceptors (Lipinski definition) is 7. The predicted molar refractivity (Wildman–Crippen MR) is 187 cm³/mol. The van der Waals surface area contributed by atoms with Crippen LogP contribution >= 0.6 is 15.9 Å². The lowest BCUT2D eigenvalue weighted by molar-refractivity contribution is -0.149. The highest BCUT2D eigenvalue weighted by Gasteiger charge is 2.76. The van der Waals surface area contributed by atoms with Gasteiger partial charge in [-0.2, -0.15) is 0 Å². The molecule has 2 N–H and O–H groups in total. The number of aliphatic hydroxyl groups is 1. The third-order valence-corrected chi connectivity index (χ3v) is 10.8. The van der Waals surface area contributed by atoms with Crippen LogP contribution in [0.5, 0.6) is 0 Å². The Balaban J connectivity index is 1.66. The molecule has 3 saturated heterocycles. The molecule has 0 radical (unpaired) electrons. The van der Waals surface area contributed by atoms with Gasteiger partial charge in [-0.1, -0.05) is 84.6 Å². The van der Waals surface area contributed by atoms with Gasteiger partial charge in [-0.05, 0) is 44.6 Å². The maximum Gasteiger partial charge on any atom is 0.306 e. The van der Waals surface area contributed by atoms with E-state index >= 15 is 0 Å². The molecule has 0 aromatic heterocycles. The minimum atomic E-state index is -1.18. The molecule has 0 aliphatic carbocycles. The molecule has 48 heavy (non-hydrogen) atoms. The van der Waals surface area contributed by atoms with E-state index in [0.717, 1.165) is 31.2 Å². The first kappa shape index (κ1) is 37.8. The Morgan fingerprint density at radius 2 is 1.92 bits per heavy atom. The molecule has 1 spiro atoms. The number of alkyl halides is 1. The van der Waals surface area contributed by atoms with Crippen LogP contribution in [0.25, 0.3) is 0 Å². The molecule has 3 fully saturated rings. The molecule has 2 bridgehead atoms. The van der Waals surface area contributed by atoms with Gasteiger partial charge in [0.1, 0.15) is 18.2 Å². The Bertz CT molecular complexity index is 1290. The molecule has 3 heterocycles.